The number of halogens is 1. The summed E-state index contributed by atoms with van der Waals surface area (Å²) in [5.74, 6) is 1.76. The van der Waals surface area contributed by atoms with Gasteiger partial charge in [-0.05, 0) is 38.2 Å². The molecule has 0 aliphatic rings. The van der Waals surface area contributed by atoms with Crippen LogP contribution in [0.3, 0.4) is 0 Å². The number of hydrogen-bond donors (Lipinski definition) is 2. The van der Waals surface area contributed by atoms with E-state index in [0.717, 1.165) is 31.3 Å². The number of guanidine groups is 1. The van der Waals surface area contributed by atoms with Crippen LogP contribution in [0.2, 0.25) is 0 Å². The van der Waals surface area contributed by atoms with E-state index in [-0.39, 0.29) is 24.0 Å². The highest BCUT2D eigenvalue weighted by molar-refractivity contribution is 14.0. The summed E-state index contributed by atoms with van der Waals surface area (Å²) in [7, 11) is 5.89. The van der Waals surface area contributed by atoms with E-state index < -0.39 is 0 Å². The number of nitrogens with one attached hydrogen (secondary N) is 2. The average Bonchev–Trinajstić information content (AvgIpc) is 2.54. The Kier molecular flexibility index (Phi) is 13.7. The highest BCUT2D eigenvalue weighted by Crippen LogP contribution is 2.13. The summed E-state index contributed by atoms with van der Waals surface area (Å²) in [6, 6.07) is 8.19. The number of nitrogens with zero attached hydrogens (tertiary/aromatic N) is 2. The predicted octanol–water partition coefficient (Wildman–Crippen LogP) is 3.10. The summed E-state index contributed by atoms with van der Waals surface area (Å²) in [5.41, 5.74) is 1.18. The van der Waals surface area contributed by atoms with Crippen LogP contribution in [0, 0.1) is 0 Å². The summed E-state index contributed by atoms with van der Waals surface area (Å²) < 4.78 is 5.77. The second kappa shape index (κ2) is 14.3. The highest BCUT2D eigenvalue weighted by Gasteiger charge is 2.00. The monoisotopic (exact) mass is 448 g/mol. The first kappa shape index (κ1) is 23.0. The number of unbranched alkanes of at least 4 members (excludes halogenated alkanes) is 2. The molecule has 0 saturated heterocycles. The second-order valence-electron chi connectivity index (χ2n) is 5.86. The van der Waals surface area contributed by atoms with Gasteiger partial charge in [-0.3, -0.25) is 4.99 Å². The maximum atomic E-state index is 5.77. The lowest BCUT2D eigenvalue weighted by Gasteiger charge is -2.13. The molecule has 24 heavy (non-hydrogen) atoms. The van der Waals surface area contributed by atoms with Gasteiger partial charge >= 0.3 is 0 Å². The molecule has 1 aromatic rings. The Morgan fingerprint density at radius 3 is 2.67 bits per heavy atom. The topological polar surface area (TPSA) is 48.9 Å². The standard InChI is InChI=1S/C18H32N4O.HI/c1-5-6-7-11-20-18(19-2)21-15-16-9-8-10-17(14-16)23-13-12-22(3)4;/h8-10,14H,5-7,11-13,15H2,1-4H3,(H2,19,20,21);1H. The number of benzene rings is 1. The maximum absolute atomic E-state index is 5.77. The summed E-state index contributed by atoms with van der Waals surface area (Å²) in [6.07, 6.45) is 3.65. The van der Waals surface area contributed by atoms with Crippen LogP contribution in [0.15, 0.2) is 29.3 Å². The van der Waals surface area contributed by atoms with E-state index in [1.807, 2.05) is 26.2 Å². The van der Waals surface area contributed by atoms with Gasteiger partial charge in [0, 0.05) is 26.7 Å². The number of ether oxygens (including phenoxy) is 1. The molecule has 0 fully saturated rings. The van der Waals surface area contributed by atoms with Gasteiger partial charge in [0.1, 0.15) is 12.4 Å². The molecule has 1 rings (SSSR count). The van der Waals surface area contributed by atoms with Crippen molar-refractivity contribution in [1.29, 1.82) is 0 Å². The molecule has 0 amide bonds. The van der Waals surface area contributed by atoms with Crippen molar-refractivity contribution < 1.29 is 4.74 Å². The summed E-state index contributed by atoms with van der Waals surface area (Å²) in [6.45, 7) is 5.52. The highest BCUT2D eigenvalue weighted by atomic mass is 127. The molecule has 2 N–H and O–H groups in total. The molecule has 0 radical (unpaired) electrons. The number of aliphatic imine (C=N–C) groups is 1. The molecule has 0 atom stereocenters. The van der Waals surface area contributed by atoms with Gasteiger partial charge in [0.2, 0.25) is 0 Å². The molecule has 1 aromatic carbocycles. The van der Waals surface area contributed by atoms with Crippen molar-refractivity contribution in [2.24, 2.45) is 4.99 Å². The second-order valence-corrected chi connectivity index (χ2v) is 5.86. The molecule has 6 heteroatoms. The van der Waals surface area contributed by atoms with E-state index in [4.69, 9.17) is 4.74 Å². The van der Waals surface area contributed by atoms with Crippen molar-refractivity contribution in [3.05, 3.63) is 29.8 Å². The van der Waals surface area contributed by atoms with E-state index >= 15 is 0 Å². The molecule has 0 saturated carbocycles. The normalized spacial score (nSPS) is 11.1. The zero-order valence-electron chi connectivity index (χ0n) is 15.5. The van der Waals surface area contributed by atoms with E-state index in [1.54, 1.807) is 7.05 Å². The molecular formula is C18H33IN4O. The zero-order chi connectivity index (χ0) is 16.9. The van der Waals surface area contributed by atoms with Gasteiger partial charge in [-0.2, -0.15) is 0 Å². The SMILES string of the molecule is CCCCCNC(=NC)NCc1cccc(OCCN(C)C)c1.I. The number of hydrogen-bond acceptors (Lipinski definition) is 3. The van der Waals surface area contributed by atoms with Crippen LogP contribution in [0.25, 0.3) is 0 Å². The largest absolute Gasteiger partial charge is 0.492 e. The Morgan fingerprint density at radius 2 is 2.00 bits per heavy atom. The average molecular weight is 448 g/mol. The van der Waals surface area contributed by atoms with Crippen molar-refractivity contribution in [3.63, 3.8) is 0 Å². The molecule has 0 spiro atoms. The minimum absolute atomic E-state index is 0. The third-order valence-corrected chi connectivity index (χ3v) is 3.46. The Morgan fingerprint density at radius 1 is 1.21 bits per heavy atom. The molecule has 0 heterocycles. The van der Waals surface area contributed by atoms with Crippen LogP contribution in [-0.4, -0.2) is 51.7 Å². The minimum atomic E-state index is 0. The first-order chi connectivity index (χ1) is 11.2. The van der Waals surface area contributed by atoms with Crippen LogP contribution in [-0.2, 0) is 6.54 Å². The van der Waals surface area contributed by atoms with Gasteiger partial charge in [0.15, 0.2) is 5.96 Å². The fourth-order valence-corrected chi connectivity index (χ4v) is 2.08. The van der Waals surface area contributed by atoms with Crippen molar-refractivity contribution in [3.8, 4) is 5.75 Å². The molecule has 0 aromatic heterocycles. The van der Waals surface area contributed by atoms with E-state index in [1.165, 1.54) is 24.8 Å². The van der Waals surface area contributed by atoms with Crippen LogP contribution in [0.1, 0.15) is 31.7 Å². The third-order valence-electron chi connectivity index (χ3n) is 3.46. The van der Waals surface area contributed by atoms with Crippen LogP contribution in [0.5, 0.6) is 5.75 Å². The summed E-state index contributed by atoms with van der Waals surface area (Å²) in [5, 5.41) is 6.68. The number of likely N-dealkylation sites (N-methyl/N-ethyl adjacent to an activating group) is 1. The van der Waals surface area contributed by atoms with Crippen molar-refractivity contribution in [2.75, 3.05) is 40.8 Å². The maximum Gasteiger partial charge on any atom is 0.191 e. The lowest BCUT2D eigenvalue weighted by molar-refractivity contribution is 0.261. The van der Waals surface area contributed by atoms with Crippen molar-refractivity contribution in [1.82, 2.24) is 15.5 Å². The first-order valence-electron chi connectivity index (χ1n) is 8.46. The predicted molar refractivity (Wildman–Crippen MR) is 114 cm³/mol. The van der Waals surface area contributed by atoms with Gasteiger partial charge in [-0.25, -0.2) is 0 Å². The Hall–Kier alpha value is -1.02. The molecule has 5 nitrogen and oxygen atoms in total. The Balaban J connectivity index is 0.00000529. The molecule has 0 unspecified atom stereocenters. The summed E-state index contributed by atoms with van der Waals surface area (Å²) >= 11 is 0. The van der Waals surface area contributed by atoms with E-state index in [9.17, 15) is 0 Å². The molecular weight excluding hydrogens is 415 g/mol. The Labute approximate surface area is 164 Å². The van der Waals surface area contributed by atoms with Crippen molar-refractivity contribution in [2.45, 2.75) is 32.7 Å². The Bertz CT molecular complexity index is 466. The smallest absolute Gasteiger partial charge is 0.191 e. The van der Waals surface area contributed by atoms with Gasteiger partial charge in [0.25, 0.3) is 0 Å². The van der Waals surface area contributed by atoms with Crippen LogP contribution < -0.4 is 15.4 Å². The zero-order valence-corrected chi connectivity index (χ0v) is 17.8. The van der Waals surface area contributed by atoms with Gasteiger partial charge < -0.3 is 20.3 Å². The van der Waals surface area contributed by atoms with Gasteiger partial charge in [-0.15, -0.1) is 24.0 Å². The van der Waals surface area contributed by atoms with E-state index in [2.05, 4.69) is 39.6 Å². The van der Waals surface area contributed by atoms with Crippen LogP contribution >= 0.6 is 24.0 Å². The van der Waals surface area contributed by atoms with Gasteiger partial charge in [0.05, 0.1) is 0 Å². The summed E-state index contributed by atoms with van der Waals surface area (Å²) in [4.78, 5) is 6.36. The molecule has 0 bridgehead atoms. The van der Waals surface area contributed by atoms with Crippen molar-refractivity contribution >= 4 is 29.9 Å². The minimum Gasteiger partial charge on any atom is -0.492 e. The molecule has 0 aliphatic carbocycles. The third kappa shape index (κ3) is 10.7. The quantitative estimate of drug-likeness (QED) is 0.250. The molecule has 0 aliphatic heterocycles. The molecule has 138 valence electrons. The lowest BCUT2D eigenvalue weighted by Crippen LogP contribution is -2.37. The fraction of sp³-hybridized carbons (Fsp3) is 0.611. The van der Waals surface area contributed by atoms with Crippen LogP contribution in [0.4, 0.5) is 0 Å². The number of rotatable bonds is 10. The lowest BCUT2D eigenvalue weighted by atomic mass is 10.2. The first-order valence-corrected chi connectivity index (χ1v) is 8.46. The van der Waals surface area contributed by atoms with E-state index in [0.29, 0.717) is 6.61 Å². The fourth-order valence-electron chi connectivity index (χ4n) is 2.08. The van der Waals surface area contributed by atoms with Gasteiger partial charge in [-0.1, -0.05) is 31.9 Å².